The zero-order valence-electron chi connectivity index (χ0n) is 13.2. The first kappa shape index (κ1) is 18.0. The fourth-order valence-electron chi connectivity index (χ4n) is 1.63. The van der Waals surface area contributed by atoms with Gasteiger partial charge in [0, 0.05) is 12.7 Å². The van der Waals surface area contributed by atoms with Gasteiger partial charge in [-0.1, -0.05) is 19.4 Å². The number of benzene rings is 1. The average molecular weight is 308 g/mol. The van der Waals surface area contributed by atoms with Crippen LogP contribution in [0.15, 0.2) is 24.3 Å². The predicted molar refractivity (Wildman–Crippen MR) is 85.0 cm³/mol. The van der Waals surface area contributed by atoms with Crippen molar-refractivity contribution in [2.24, 2.45) is 0 Å². The lowest BCUT2D eigenvalue weighted by Crippen LogP contribution is -2.08. The number of phenolic OH excluding ortho intramolecular Hbond substituents is 1. The molecule has 0 spiro atoms. The van der Waals surface area contributed by atoms with Crippen LogP contribution in [0.3, 0.4) is 0 Å². The average Bonchev–Trinajstić information content (AvgIpc) is 2.52. The molecule has 0 aliphatic carbocycles. The second-order valence-electron chi connectivity index (χ2n) is 4.63. The van der Waals surface area contributed by atoms with Crippen molar-refractivity contribution in [2.45, 2.75) is 26.7 Å². The molecular formula is C17H24O5. The van der Waals surface area contributed by atoms with E-state index in [1.54, 1.807) is 24.3 Å². The molecule has 1 aromatic rings. The maximum absolute atomic E-state index is 11.5. The fraction of sp³-hybridized carbons (Fsp3) is 0.471. The number of carbonyl (C=O) groups excluding carboxylic acids is 1. The van der Waals surface area contributed by atoms with Gasteiger partial charge >= 0.3 is 5.97 Å². The Morgan fingerprint density at radius 3 is 2.77 bits per heavy atom. The van der Waals surface area contributed by atoms with E-state index >= 15 is 0 Å². The molecule has 0 unspecified atom stereocenters. The standard InChI is InChI=1S/C17H24O5/c1-3-5-10-21-16-13-14(6-8-15(16)18)7-9-17(19)22-12-11-20-4-2/h6-9,13,18H,3-5,10-12H2,1-2H3/b9-7-. The molecule has 0 aliphatic heterocycles. The van der Waals surface area contributed by atoms with E-state index < -0.39 is 5.97 Å². The smallest absolute Gasteiger partial charge is 0.330 e. The van der Waals surface area contributed by atoms with Crippen LogP contribution in [0.1, 0.15) is 32.3 Å². The maximum atomic E-state index is 11.5. The van der Waals surface area contributed by atoms with Gasteiger partial charge in [-0.15, -0.1) is 0 Å². The van der Waals surface area contributed by atoms with Gasteiger partial charge in [0.05, 0.1) is 13.2 Å². The van der Waals surface area contributed by atoms with E-state index in [1.807, 2.05) is 6.92 Å². The van der Waals surface area contributed by atoms with Crippen LogP contribution >= 0.6 is 0 Å². The lowest BCUT2D eigenvalue weighted by atomic mass is 10.2. The molecule has 0 aromatic heterocycles. The number of carbonyl (C=O) groups is 1. The monoisotopic (exact) mass is 308 g/mol. The molecule has 0 amide bonds. The highest BCUT2D eigenvalue weighted by Crippen LogP contribution is 2.27. The Bertz CT molecular complexity index is 482. The van der Waals surface area contributed by atoms with Crippen molar-refractivity contribution in [3.05, 3.63) is 29.8 Å². The third kappa shape index (κ3) is 7.13. The second kappa shape index (κ2) is 10.7. The number of hydrogen-bond acceptors (Lipinski definition) is 5. The molecule has 5 heteroatoms. The number of phenols is 1. The molecule has 0 saturated heterocycles. The van der Waals surface area contributed by atoms with Crippen LogP contribution in [0.25, 0.3) is 6.08 Å². The fourth-order valence-corrected chi connectivity index (χ4v) is 1.63. The topological polar surface area (TPSA) is 65.0 Å². The molecule has 0 aliphatic rings. The minimum atomic E-state index is -0.429. The molecular weight excluding hydrogens is 284 g/mol. The third-order valence-electron chi connectivity index (χ3n) is 2.83. The highest BCUT2D eigenvalue weighted by atomic mass is 16.6. The summed E-state index contributed by atoms with van der Waals surface area (Å²) >= 11 is 0. The van der Waals surface area contributed by atoms with Gasteiger partial charge in [0.1, 0.15) is 6.61 Å². The van der Waals surface area contributed by atoms with Crippen molar-refractivity contribution in [3.8, 4) is 11.5 Å². The van der Waals surface area contributed by atoms with Crippen LogP contribution < -0.4 is 4.74 Å². The normalized spacial score (nSPS) is 10.8. The number of aromatic hydroxyl groups is 1. The molecule has 0 heterocycles. The van der Waals surface area contributed by atoms with Crippen molar-refractivity contribution < 1.29 is 24.1 Å². The molecule has 0 atom stereocenters. The summed E-state index contributed by atoms with van der Waals surface area (Å²) in [5.74, 6) is 0.0779. The van der Waals surface area contributed by atoms with E-state index in [2.05, 4.69) is 6.92 Å². The highest BCUT2D eigenvalue weighted by Gasteiger charge is 2.03. The van der Waals surface area contributed by atoms with Crippen LogP contribution in [-0.2, 0) is 14.3 Å². The Morgan fingerprint density at radius 2 is 2.05 bits per heavy atom. The van der Waals surface area contributed by atoms with Crippen LogP contribution in [0, 0.1) is 0 Å². The van der Waals surface area contributed by atoms with Gasteiger partial charge < -0.3 is 19.3 Å². The Hall–Kier alpha value is -2.01. The number of ether oxygens (including phenoxy) is 3. The SMILES string of the molecule is CCCCOc1cc(/C=C\C(=O)OCCOCC)ccc1O. The summed E-state index contributed by atoms with van der Waals surface area (Å²) in [6.45, 7) is 5.73. The number of unbranched alkanes of at least 4 members (excludes halogenated alkanes) is 1. The van der Waals surface area contributed by atoms with Gasteiger partial charge in [0.25, 0.3) is 0 Å². The zero-order chi connectivity index (χ0) is 16.2. The first-order chi connectivity index (χ1) is 10.7. The summed E-state index contributed by atoms with van der Waals surface area (Å²) < 4.78 is 15.5. The van der Waals surface area contributed by atoms with Crippen molar-refractivity contribution in [3.63, 3.8) is 0 Å². The molecule has 0 bridgehead atoms. The highest BCUT2D eigenvalue weighted by molar-refractivity contribution is 5.87. The van der Waals surface area contributed by atoms with E-state index in [9.17, 15) is 9.90 Å². The van der Waals surface area contributed by atoms with Crippen molar-refractivity contribution in [1.82, 2.24) is 0 Å². The van der Waals surface area contributed by atoms with Crippen molar-refractivity contribution in [2.75, 3.05) is 26.4 Å². The van der Waals surface area contributed by atoms with Crippen LogP contribution in [0.5, 0.6) is 11.5 Å². The quantitative estimate of drug-likeness (QED) is 0.408. The van der Waals surface area contributed by atoms with E-state index in [1.165, 1.54) is 6.08 Å². The Balaban J connectivity index is 2.52. The molecule has 22 heavy (non-hydrogen) atoms. The van der Waals surface area contributed by atoms with Gasteiger partial charge in [0.2, 0.25) is 0 Å². The molecule has 1 rings (SSSR count). The number of rotatable bonds is 10. The number of hydrogen-bond donors (Lipinski definition) is 1. The summed E-state index contributed by atoms with van der Waals surface area (Å²) in [4.78, 5) is 11.5. The lowest BCUT2D eigenvalue weighted by molar-refractivity contribution is -0.139. The molecule has 1 aromatic carbocycles. The van der Waals surface area contributed by atoms with Crippen LogP contribution in [0.4, 0.5) is 0 Å². The van der Waals surface area contributed by atoms with Crippen molar-refractivity contribution in [1.29, 1.82) is 0 Å². The second-order valence-corrected chi connectivity index (χ2v) is 4.63. The predicted octanol–water partition coefficient (Wildman–Crippen LogP) is 3.16. The maximum Gasteiger partial charge on any atom is 0.330 e. The summed E-state index contributed by atoms with van der Waals surface area (Å²) in [6, 6.07) is 4.93. The Kier molecular flexibility index (Phi) is 8.76. The first-order valence-corrected chi connectivity index (χ1v) is 7.55. The summed E-state index contributed by atoms with van der Waals surface area (Å²) in [6.07, 6.45) is 4.91. The Labute approximate surface area is 131 Å². The molecule has 122 valence electrons. The summed E-state index contributed by atoms with van der Waals surface area (Å²) in [7, 11) is 0. The number of esters is 1. The first-order valence-electron chi connectivity index (χ1n) is 7.55. The van der Waals surface area contributed by atoms with Crippen LogP contribution in [-0.4, -0.2) is 37.5 Å². The van der Waals surface area contributed by atoms with Crippen molar-refractivity contribution >= 4 is 12.0 Å². The molecule has 5 nitrogen and oxygen atoms in total. The van der Waals surface area contributed by atoms with E-state index in [4.69, 9.17) is 14.2 Å². The summed E-state index contributed by atoms with van der Waals surface area (Å²) in [5.41, 5.74) is 0.756. The van der Waals surface area contributed by atoms with Gasteiger partial charge in [0.15, 0.2) is 11.5 Å². The van der Waals surface area contributed by atoms with E-state index in [-0.39, 0.29) is 12.4 Å². The molecule has 0 fully saturated rings. The lowest BCUT2D eigenvalue weighted by Gasteiger charge is -2.08. The third-order valence-corrected chi connectivity index (χ3v) is 2.83. The molecule has 0 radical (unpaired) electrons. The van der Waals surface area contributed by atoms with Gasteiger partial charge in [-0.25, -0.2) is 4.79 Å². The summed E-state index contributed by atoms with van der Waals surface area (Å²) in [5, 5.41) is 9.72. The molecule has 0 saturated carbocycles. The molecule has 1 N–H and O–H groups in total. The van der Waals surface area contributed by atoms with E-state index in [0.717, 1.165) is 18.4 Å². The minimum absolute atomic E-state index is 0.0903. The Morgan fingerprint density at radius 1 is 1.23 bits per heavy atom. The zero-order valence-corrected chi connectivity index (χ0v) is 13.2. The van der Waals surface area contributed by atoms with Gasteiger partial charge in [-0.3, -0.25) is 0 Å². The van der Waals surface area contributed by atoms with E-state index in [0.29, 0.717) is 25.6 Å². The van der Waals surface area contributed by atoms with Gasteiger partial charge in [-0.2, -0.15) is 0 Å². The van der Waals surface area contributed by atoms with Gasteiger partial charge in [-0.05, 0) is 37.1 Å². The van der Waals surface area contributed by atoms with Crippen LogP contribution in [0.2, 0.25) is 0 Å². The largest absolute Gasteiger partial charge is 0.504 e. The minimum Gasteiger partial charge on any atom is -0.504 e.